The summed E-state index contributed by atoms with van der Waals surface area (Å²) in [6.45, 7) is 4.13. The molecule has 0 bridgehead atoms. The van der Waals surface area contributed by atoms with Crippen molar-refractivity contribution in [1.29, 1.82) is 0 Å². The van der Waals surface area contributed by atoms with Crippen LogP contribution in [0.1, 0.15) is 17.3 Å². The molecular formula is C11H16BrClN2O2. The first-order valence-corrected chi connectivity index (χ1v) is 5.92. The van der Waals surface area contributed by atoms with Gasteiger partial charge in [0.25, 0.3) is 5.91 Å². The molecule has 96 valence electrons. The van der Waals surface area contributed by atoms with Gasteiger partial charge in [-0.3, -0.25) is 4.79 Å². The molecule has 6 heteroatoms. The normalized spacial score (nSPS) is 9.53. The highest BCUT2D eigenvalue weighted by Gasteiger charge is 2.10. The van der Waals surface area contributed by atoms with E-state index in [1.54, 1.807) is 12.1 Å². The van der Waals surface area contributed by atoms with Crippen LogP contribution in [-0.2, 0) is 0 Å². The molecule has 17 heavy (non-hydrogen) atoms. The molecule has 0 unspecified atom stereocenters. The van der Waals surface area contributed by atoms with Gasteiger partial charge in [-0.25, -0.2) is 0 Å². The molecule has 0 spiro atoms. The molecule has 4 nitrogen and oxygen atoms in total. The van der Waals surface area contributed by atoms with E-state index in [1.165, 1.54) is 6.07 Å². The average Bonchev–Trinajstić information content (AvgIpc) is 2.27. The predicted octanol–water partition coefficient (Wildman–Crippen LogP) is 1.92. The number of rotatable bonds is 5. The molecule has 0 saturated carbocycles. The number of halogens is 2. The molecule has 0 atom stereocenters. The number of phenolic OH excluding ortho intramolecular Hbond substituents is 1. The Balaban J connectivity index is 0.00000256. The van der Waals surface area contributed by atoms with Crippen LogP contribution in [0.3, 0.4) is 0 Å². The predicted molar refractivity (Wildman–Crippen MR) is 73.9 cm³/mol. The first-order valence-electron chi connectivity index (χ1n) is 5.12. The minimum absolute atomic E-state index is 0. The van der Waals surface area contributed by atoms with E-state index in [1.807, 2.05) is 6.92 Å². The largest absolute Gasteiger partial charge is 0.507 e. The number of nitrogens with one attached hydrogen (secondary N) is 2. The van der Waals surface area contributed by atoms with Crippen LogP contribution in [0.25, 0.3) is 0 Å². The van der Waals surface area contributed by atoms with Gasteiger partial charge >= 0.3 is 0 Å². The minimum Gasteiger partial charge on any atom is -0.507 e. The maximum atomic E-state index is 11.7. The van der Waals surface area contributed by atoms with Crippen molar-refractivity contribution in [3.63, 3.8) is 0 Å². The van der Waals surface area contributed by atoms with Gasteiger partial charge < -0.3 is 15.7 Å². The molecule has 0 aliphatic carbocycles. The quantitative estimate of drug-likeness (QED) is 0.726. The Labute approximate surface area is 115 Å². The Morgan fingerprint density at radius 1 is 1.41 bits per heavy atom. The SMILES string of the molecule is CCNCCNC(=O)c1cc(Br)ccc1O.Cl. The number of carbonyl (C=O) groups is 1. The number of benzene rings is 1. The van der Waals surface area contributed by atoms with E-state index in [0.717, 1.165) is 17.6 Å². The van der Waals surface area contributed by atoms with Crippen molar-refractivity contribution in [2.75, 3.05) is 19.6 Å². The van der Waals surface area contributed by atoms with Gasteiger partial charge in [-0.1, -0.05) is 22.9 Å². The third-order valence-electron chi connectivity index (χ3n) is 2.04. The first-order chi connectivity index (χ1) is 7.65. The lowest BCUT2D eigenvalue weighted by atomic mass is 10.2. The molecule has 0 heterocycles. The highest BCUT2D eigenvalue weighted by Crippen LogP contribution is 2.21. The number of amides is 1. The van der Waals surface area contributed by atoms with Gasteiger partial charge in [-0.15, -0.1) is 12.4 Å². The molecule has 0 saturated heterocycles. The zero-order chi connectivity index (χ0) is 12.0. The monoisotopic (exact) mass is 322 g/mol. The topological polar surface area (TPSA) is 61.4 Å². The summed E-state index contributed by atoms with van der Waals surface area (Å²) < 4.78 is 0.766. The van der Waals surface area contributed by atoms with Gasteiger partial charge in [0.1, 0.15) is 5.75 Å². The fraction of sp³-hybridized carbons (Fsp3) is 0.364. The maximum absolute atomic E-state index is 11.7. The first kappa shape index (κ1) is 16.2. The summed E-state index contributed by atoms with van der Waals surface area (Å²) in [6, 6.07) is 4.77. The fourth-order valence-corrected chi connectivity index (χ4v) is 1.59. The van der Waals surface area contributed by atoms with Crippen LogP contribution in [0, 0.1) is 0 Å². The van der Waals surface area contributed by atoms with Crippen molar-refractivity contribution in [3.05, 3.63) is 28.2 Å². The number of phenols is 1. The van der Waals surface area contributed by atoms with Gasteiger partial charge in [0.2, 0.25) is 0 Å². The van der Waals surface area contributed by atoms with Crippen LogP contribution in [0.15, 0.2) is 22.7 Å². The summed E-state index contributed by atoms with van der Waals surface area (Å²) in [5.74, 6) is -0.277. The lowest BCUT2D eigenvalue weighted by molar-refractivity contribution is 0.0951. The molecule has 1 amide bonds. The molecule has 3 N–H and O–H groups in total. The summed E-state index contributed by atoms with van der Waals surface area (Å²) >= 11 is 3.25. The van der Waals surface area contributed by atoms with Crippen molar-refractivity contribution < 1.29 is 9.90 Å². The van der Waals surface area contributed by atoms with Crippen LogP contribution < -0.4 is 10.6 Å². The lowest BCUT2D eigenvalue weighted by Crippen LogP contribution is -2.31. The molecule has 1 aromatic rings. The van der Waals surface area contributed by atoms with E-state index in [4.69, 9.17) is 0 Å². The molecule has 1 rings (SSSR count). The van der Waals surface area contributed by atoms with Crippen LogP contribution in [0.2, 0.25) is 0 Å². The highest BCUT2D eigenvalue weighted by molar-refractivity contribution is 9.10. The fourth-order valence-electron chi connectivity index (χ4n) is 1.23. The van der Waals surface area contributed by atoms with E-state index in [9.17, 15) is 9.90 Å². The van der Waals surface area contributed by atoms with E-state index in [2.05, 4.69) is 26.6 Å². The number of hydrogen-bond acceptors (Lipinski definition) is 3. The zero-order valence-electron chi connectivity index (χ0n) is 9.50. The summed E-state index contributed by atoms with van der Waals surface area (Å²) in [5, 5.41) is 15.3. The van der Waals surface area contributed by atoms with Crippen molar-refractivity contribution in [3.8, 4) is 5.75 Å². The third-order valence-corrected chi connectivity index (χ3v) is 2.53. The summed E-state index contributed by atoms with van der Waals surface area (Å²) in [4.78, 5) is 11.7. The van der Waals surface area contributed by atoms with Crippen molar-refractivity contribution >= 4 is 34.2 Å². The molecule has 1 aromatic carbocycles. The second-order valence-corrected chi connectivity index (χ2v) is 4.19. The summed E-state index contributed by atoms with van der Waals surface area (Å²) in [6.07, 6.45) is 0. The van der Waals surface area contributed by atoms with Gasteiger partial charge in [0.05, 0.1) is 5.56 Å². The van der Waals surface area contributed by atoms with Gasteiger partial charge in [-0.2, -0.15) is 0 Å². The Morgan fingerprint density at radius 3 is 2.76 bits per heavy atom. The second kappa shape index (κ2) is 8.33. The Kier molecular flexibility index (Phi) is 7.95. The van der Waals surface area contributed by atoms with Gasteiger partial charge in [0.15, 0.2) is 0 Å². The smallest absolute Gasteiger partial charge is 0.255 e. The van der Waals surface area contributed by atoms with Crippen molar-refractivity contribution in [2.45, 2.75) is 6.92 Å². The van der Waals surface area contributed by atoms with Crippen LogP contribution >= 0.6 is 28.3 Å². The highest BCUT2D eigenvalue weighted by atomic mass is 79.9. The third kappa shape index (κ3) is 5.39. The molecule has 0 aliphatic rings. The lowest BCUT2D eigenvalue weighted by Gasteiger charge is -2.07. The van der Waals surface area contributed by atoms with E-state index >= 15 is 0 Å². The van der Waals surface area contributed by atoms with E-state index in [0.29, 0.717) is 6.54 Å². The average molecular weight is 324 g/mol. The number of carbonyl (C=O) groups excluding carboxylic acids is 1. The molecule has 0 fully saturated rings. The van der Waals surface area contributed by atoms with Crippen LogP contribution in [0.5, 0.6) is 5.75 Å². The van der Waals surface area contributed by atoms with Crippen LogP contribution in [-0.4, -0.2) is 30.6 Å². The minimum atomic E-state index is -0.267. The molecule has 0 aromatic heterocycles. The second-order valence-electron chi connectivity index (χ2n) is 3.27. The summed E-state index contributed by atoms with van der Waals surface area (Å²) in [5.41, 5.74) is 0.283. The van der Waals surface area contributed by atoms with Gasteiger partial charge in [0, 0.05) is 17.6 Å². The van der Waals surface area contributed by atoms with Crippen molar-refractivity contribution in [2.24, 2.45) is 0 Å². The van der Waals surface area contributed by atoms with Crippen molar-refractivity contribution in [1.82, 2.24) is 10.6 Å². The number of hydrogen-bond donors (Lipinski definition) is 3. The van der Waals surface area contributed by atoms with Gasteiger partial charge in [-0.05, 0) is 24.7 Å². The van der Waals surface area contributed by atoms with E-state index < -0.39 is 0 Å². The standard InChI is InChI=1S/C11H15BrN2O2.ClH/c1-2-13-5-6-14-11(16)9-7-8(12)3-4-10(9)15;/h3-4,7,13,15H,2,5-6H2,1H3,(H,14,16);1H. The Morgan fingerprint density at radius 2 is 2.12 bits per heavy atom. The Hall–Kier alpha value is -0.780. The van der Waals surface area contributed by atoms with Crippen LogP contribution in [0.4, 0.5) is 0 Å². The zero-order valence-corrected chi connectivity index (χ0v) is 11.9. The summed E-state index contributed by atoms with van der Waals surface area (Å²) in [7, 11) is 0. The van der Waals surface area contributed by atoms with E-state index in [-0.39, 0.29) is 29.6 Å². The number of aromatic hydroxyl groups is 1. The molecular weight excluding hydrogens is 307 g/mol. The molecule has 0 radical (unpaired) electrons. The maximum Gasteiger partial charge on any atom is 0.255 e. The Bertz CT molecular complexity index is 374. The molecule has 0 aliphatic heterocycles. The number of likely N-dealkylation sites (N-methyl/N-ethyl adjacent to an activating group) is 1.